The second kappa shape index (κ2) is 5.76. The number of benzene rings is 1. The number of carbonyl (C=O) groups is 2. The second-order valence-electron chi connectivity index (χ2n) is 5.74. The molecule has 6 heteroatoms. The van der Waals surface area contributed by atoms with Crippen molar-refractivity contribution in [2.75, 3.05) is 0 Å². The minimum Gasteiger partial charge on any atom is -0.480 e. The predicted octanol–water partition coefficient (Wildman–Crippen LogP) is 3.49. The summed E-state index contributed by atoms with van der Waals surface area (Å²) in [5, 5.41) is 12.7. The van der Waals surface area contributed by atoms with Crippen LogP contribution in [0, 0.1) is 12.8 Å². The van der Waals surface area contributed by atoms with Crippen LogP contribution in [-0.2, 0) is 4.79 Å². The van der Waals surface area contributed by atoms with E-state index in [-0.39, 0.29) is 5.76 Å². The van der Waals surface area contributed by atoms with E-state index in [1.807, 2.05) is 12.1 Å². The number of rotatable bonds is 5. The molecule has 5 nitrogen and oxygen atoms in total. The highest BCUT2D eigenvalue weighted by Gasteiger charge is 2.31. The second-order valence-corrected chi connectivity index (χ2v) is 6.66. The molecular formula is C16H16BrNO4. The third-order valence-electron chi connectivity index (χ3n) is 3.97. The van der Waals surface area contributed by atoms with Gasteiger partial charge < -0.3 is 14.8 Å². The van der Waals surface area contributed by atoms with E-state index in [4.69, 9.17) is 4.42 Å². The van der Waals surface area contributed by atoms with Gasteiger partial charge in [0, 0.05) is 15.4 Å². The first-order chi connectivity index (χ1) is 10.5. The molecule has 0 radical (unpaired) electrons. The molecule has 1 amide bonds. The minimum atomic E-state index is -1.00. The maximum atomic E-state index is 12.4. The van der Waals surface area contributed by atoms with Crippen molar-refractivity contribution in [3.05, 3.63) is 34.0 Å². The molecule has 116 valence electrons. The lowest BCUT2D eigenvalue weighted by Crippen LogP contribution is -2.41. The van der Waals surface area contributed by atoms with Gasteiger partial charge in [0.2, 0.25) is 0 Å². The van der Waals surface area contributed by atoms with Crippen LogP contribution in [0.2, 0.25) is 0 Å². The Kier molecular flexibility index (Phi) is 3.95. The standard InChI is InChI=1S/C16H16BrNO4/c1-8-11-7-10(17)4-5-13(11)22-14(8)15(19)18-12(16(20)21)6-9-2-3-9/h4-5,7,9,12H,2-3,6H2,1H3,(H,18,19)(H,20,21). The molecule has 1 aromatic heterocycles. The summed E-state index contributed by atoms with van der Waals surface area (Å²) < 4.78 is 6.49. The number of nitrogens with one attached hydrogen (secondary N) is 1. The zero-order valence-electron chi connectivity index (χ0n) is 12.1. The predicted molar refractivity (Wildman–Crippen MR) is 84.9 cm³/mol. The third-order valence-corrected chi connectivity index (χ3v) is 4.47. The number of halogens is 1. The zero-order valence-corrected chi connectivity index (χ0v) is 13.6. The van der Waals surface area contributed by atoms with Gasteiger partial charge in [-0.2, -0.15) is 0 Å². The number of carboxylic acids is 1. The topological polar surface area (TPSA) is 79.5 Å². The zero-order chi connectivity index (χ0) is 15.9. The first kappa shape index (κ1) is 15.1. The first-order valence-corrected chi connectivity index (χ1v) is 7.97. The van der Waals surface area contributed by atoms with E-state index in [2.05, 4.69) is 21.2 Å². The van der Waals surface area contributed by atoms with Gasteiger partial charge in [-0.05, 0) is 37.5 Å². The van der Waals surface area contributed by atoms with Crippen LogP contribution < -0.4 is 5.32 Å². The fraction of sp³-hybridized carbons (Fsp3) is 0.375. The molecule has 3 rings (SSSR count). The largest absolute Gasteiger partial charge is 0.480 e. The molecule has 1 heterocycles. The molecule has 2 aromatic rings. The summed E-state index contributed by atoms with van der Waals surface area (Å²) in [5.41, 5.74) is 1.32. The summed E-state index contributed by atoms with van der Waals surface area (Å²) in [6.45, 7) is 1.80. The summed E-state index contributed by atoms with van der Waals surface area (Å²) in [7, 11) is 0. The van der Waals surface area contributed by atoms with E-state index < -0.39 is 17.9 Å². The molecule has 0 saturated heterocycles. The van der Waals surface area contributed by atoms with Crippen molar-refractivity contribution in [2.24, 2.45) is 5.92 Å². The molecule has 22 heavy (non-hydrogen) atoms. The summed E-state index contributed by atoms with van der Waals surface area (Å²) in [6.07, 6.45) is 2.56. The van der Waals surface area contributed by atoms with Crippen LogP contribution in [0.1, 0.15) is 35.4 Å². The molecule has 2 N–H and O–H groups in total. The number of furan rings is 1. The summed E-state index contributed by atoms with van der Waals surface area (Å²) >= 11 is 3.39. The Bertz CT molecular complexity index is 748. The lowest BCUT2D eigenvalue weighted by atomic mass is 10.1. The molecule has 1 aliphatic rings. The lowest BCUT2D eigenvalue weighted by Gasteiger charge is -2.13. The molecular weight excluding hydrogens is 350 g/mol. The van der Waals surface area contributed by atoms with E-state index >= 15 is 0 Å². The maximum Gasteiger partial charge on any atom is 0.326 e. The van der Waals surface area contributed by atoms with Crippen LogP contribution in [0.5, 0.6) is 0 Å². The maximum absolute atomic E-state index is 12.4. The Morgan fingerprint density at radius 2 is 2.18 bits per heavy atom. The molecule has 1 unspecified atom stereocenters. The van der Waals surface area contributed by atoms with E-state index in [0.717, 1.165) is 22.7 Å². The highest BCUT2D eigenvalue weighted by molar-refractivity contribution is 9.10. The number of aliphatic carboxylic acids is 1. The molecule has 1 aliphatic carbocycles. The van der Waals surface area contributed by atoms with Gasteiger partial charge in [0.05, 0.1) is 0 Å². The van der Waals surface area contributed by atoms with Crippen molar-refractivity contribution in [3.63, 3.8) is 0 Å². The Morgan fingerprint density at radius 1 is 1.45 bits per heavy atom. The quantitative estimate of drug-likeness (QED) is 0.849. The van der Waals surface area contributed by atoms with Crippen molar-refractivity contribution >= 4 is 38.8 Å². The summed E-state index contributed by atoms with van der Waals surface area (Å²) in [4.78, 5) is 23.6. The monoisotopic (exact) mass is 365 g/mol. The number of carbonyl (C=O) groups excluding carboxylic acids is 1. The first-order valence-electron chi connectivity index (χ1n) is 7.18. The van der Waals surface area contributed by atoms with Gasteiger partial charge in [0.25, 0.3) is 5.91 Å². The number of fused-ring (bicyclic) bond motifs is 1. The smallest absolute Gasteiger partial charge is 0.326 e. The van der Waals surface area contributed by atoms with E-state index in [1.165, 1.54) is 0 Å². The Hall–Kier alpha value is -1.82. The highest BCUT2D eigenvalue weighted by atomic mass is 79.9. The fourth-order valence-corrected chi connectivity index (χ4v) is 2.90. The Morgan fingerprint density at radius 3 is 2.82 bits per heavy atom. The molecule has 0 spiro atoms. The highest BCUT2D eigenvalue weighted by Crippen LogP contribution is 2.34. The van der Waals surface area contributed by atoms with E-state index in [0.29, 0.717) is 23.5 Å². The van der Waals surface area contributed by atoms with Crippen molar-refractivity contribution in [1.82, 2.24) is 5.32 Å². The number of hydrogen-bond donors (Lipinski definition) is 2. The number of hydrogen-bond acceptors (Lipinski definition) is 3. The Labute approximate surface area is 135 Å². The van der Waals surface area contributed by atoms with Gasteiger partial charge in [-0.1, -0.05) is 28.8 Å². The average Bonchev–Trinajstić information content (AvgIpc) is 3.22. The van der Waals surface area contributed by atoms with Crippen LogP contribution in [-0.4, -0.2) is 23.0 Å². The van der Waals surface area contributed by atoms with Crippen LogP contribution in [0.4, 0.5) is 0 Å². The van der Waals surface area contributed by atoms with Gasteiger partial charge in [-0.3, -0.25) is 4.79 Å². The third kappa shape index (κ3) is 3.02. The van der Waals surface area contributed by atoms with Crippen LogP contribution in [0.25, 0.3) is 11.0 Å². The van der Waals surface area contributed by atoms with Crippen molar-refractivity contribution < 1.29 is 19.1 Å². The number of amides is 1. The average molecular weight is 366 g/mol. The van der Waals surface area contributed by atoms with Gasteiger partial charge in [-0.15, -0.1) is 0 Å². The van der Waals surface area contributed by atoms with Crippen molar-refractivity contribution in [3.8, 4) is 0 Å². The molecule has 1 fully saturated rings. The minimum absolute atomic E-state index is 0.176. The lowest BCUT2D eigenvalue weighted by molar-refractivity contribution is -0.139. The van der Waals surface area contributed by atoms with Gasteiger partial charge in [-0.25, -0.2) is 4.79 Å². The Balaban J connectivity index is 1.84. The van der Waals surface area contributed by atoms with E-state index in [9.17, 15) is 14.7 Å². The van der Waals surface area contributed by atoms with Gasteiger partial charge in [0.15, 0.2) is 5.76 Å². The molecule has 1 aromatic carbocycles. The fourth-order valence-electron chi connectivity index (χ4n) is 2.54. The molecule has 0 aliphatic heterocycles. The van der Waals surface area contributed by atoms with E-state index in [1.54, 1.807) is 13.0 Å². The van der Waals surface area contributed by atoms with Crippen molar-refractivity contribution in [2.45, 2.75) is 32.2 Å². The number of carboxylic acid groups (broad SMARTS) is 1. The van der Waals surface area contributed by atoms with Crippen molar-refractivity contribution in [1.29, 1.82) is 0 Å². The van der Waals surface area contributed by atoms with Crippen LogP contribution >= 0.6 is 15.9 Å². The normalized spacial score (nSPS) is 15.7. The van der Waals surface area contributed by atoms with Gasteiger partial charge >= 0.3 is 5.97 Å². The summed E-state index contributed by atoms with van der Waals surface area (Å²) in [6, 6.07) is 4.63. The SMILES string of the molecule is Cc1c(C(=O)NC(CC2CC2)C(=O)O)oc2ccc(Br)cc12. The number of aryl methyl sites for hydroxylation is 1. The summed E-state index contributed by atoms with van der Waals surface area (Å²) in [5.74, 6) is -0.890. The van der Waals surface area contributed by atoms with Crippen LogP contribution in [0.3, 0.4) is 0 Å². The molecule has 1 saturated carbocycles. The van der Waals surface area contributed by atoms with Crippen LogP contribution in [0.15, 0.2) is 27.1 Å². The van der Waals surface area contributed by atoms with Gasteiger partial charge in [0.1, 0.15) is 11.6 Å². The molecule has 1 atom stereocenters. The molecule has 0 bridgehead atoms.